The summed E-state index contributed by atoms with van der Waals surface area (Å²) in [6.07, 6.45) is 0. The molecular weight excluding hydrogens is 436 g/mol. The van der Waals surface area contributed by atoms with Gasteiger partial charge in [-0.1, -0.05) is 39.3 Å². The van der Waals surface area contributed by atoms with E-state index >= 15 is 0 Å². The van der Waals surface area contributed by atoms with Crippen molar-refractivity contribution >= 4 is 44.5 Å². The minimum atomic E-state index is -0.177. The van der Waals surface area contributed by atoms with Crippen LogP contribution in [0, 0.1) is 0 Å². The normalized spacial score (nSPS) is 18.6. The van der Waals surface area contributed by atoms with Crippen LogP contribution in [-0.2, 0) is 9.63 Å². The van der Waals surface area contributed by atoms with Gasteiger partial charge in [0.05, 0.1) is 17.9 Å². The Labute approximate surface area is 177 Å². The molecule has 1 amide bonds. The highest BCUT2D eigenvalue weighted by atomic mass is 79.9. The summed E-state index contributed by atoms with van der Waals surface area (Å²) in [5.74, 6) is -0.177. The molecule has 2 heterocycles. The fourth-order valence-corrected chi connectivity index (χ4v) is 3.74. The van der Waals surface area contributed by atoms with Crippen LogP contribution in [0.2, 0.25) is 0 Å². The quantitative estimate of drug-likeness (QED) is 0.353. The second-order valence-electron chi connectivity index (χ2n) is 6.86. The molecule has 0 saturated carbocycles. The fourth-order valence-electron chi connectivity index (χ4n) is 3.38. The van der Waals surface area contributed by atoms with Gasteiger partial charge in [-0.2, -0.15) is 0 Å². The molecule has 8 heteroatoms. The summed E-state index contributed by atoms with van der Waals surface area (Å²) in [4.78, 5) is 20.3. The monoisotopic (exact) mass is 456 g/mol. The lowest BCUT2D eigenvalue weighted by molar-refractivity contribution is -0.110. The summed E-state index contributed by atoms with van der Waals surface area (Å²) >= 11 is 3.48. The minimum absolute atomic E-state index is 0.0998. The number of amides is 1. The van der Waals surface area contributed by atoms with Gasteiger partial charge in [0.2, 0.25) is 0 Å². The molecule has 0 atom stereocenters. The first-order chi connectivity index (χ1) is 14.1. The molecule has 2 aromatic rings. The Kier molecular flexibility index (Phi) is 5.66. The Morgan fingerprint density at radius 1 is 1.10 bits per heavy atom. The smallest absolute Gasteiger partial charge is 0.258 e. The molecule has 4 rings (SSSR count). The molecular formula is C21H21BrN4O3. The Balaban J connectivity index is 1.70. The molecule has 2 aromatic carbocycles. The van der Waals surface area contributed by atoms with Crippen LogP contribution in [0.5, 0.6) is 0 Å². The van der Waals surface area contributed by atoms with Crippen LogP contribution in [-0.4, -0.2) is 55.0 Å². The maximum Gasteiger partial charge on any atom is 0.258 e. The van der Waals surface area contributed by atoms with Gasteiger partial charge in [-0.05, 0) is 31.3 Å². The van der Waals surface area contributed by atoms with Crippen molar-refractivity contribution in [2.75, 3.05) is 44.0 Å². The lowest BCUT2D eigenvalue weighted by atomic mass is 10.0. The van der Waals surface area contributed by atoms with Crippen LogP contribution in [0.1, 0.15) is 11.1 Å². The maximum atomic E-state index is 12.8. The number of fused-ring (bicyclic) bond motifs is 2. The van der Waals surface area contributed by atoms with Crippen molar-refractivity contribution in [3.05, 3.63) is 63.8 Å². The van der Waals surface area contributed by atoms with E-state index in [4.69, 9.17) is 9.94 Å². The van der Waals surface area contributed by atoms with E-state index < -0.39 is 0 Å². The second-order valence-corrected chi connectivity index (χ2v) is 7.78. The predicted octanol–water partition coefficient (Wildman–Crippen LogP) is 2.88. The van der Waals surface area contributed by atoms with E-state index in [-0.39, 0.29) is 12.5 Å². The summed E-state index contributed by atoms with van der Waals surface area (Å²) in [5, 5.41) is 19.6. The zero-order valence-electron chi connectivity index (χ0n) is 15.9. The number of oxime groups is 1. The number of hydrogen-bond acceptors (Lipinski definition) is 6. The van der Waals surface area contributed by atoms with Crippen molar-refractivity contribution in [3.63, 3.8) is 0 Å². The van der Waals surface area contributed by atoms with Crippen molar-refractivity contribution in [1.29, 1.82) is 0 Å². The highest BCUT2D eigenvalue weighted by Gasteiger charge is 2.34. The molecule has 0 aliphatic carbocycles. The summed E-state index contributed by atoms with van der Waals surface area (Å²) in [6, 6.07) is 13.4. The van der Waals surface area contributed by atoms with Crippen LogP contribution in [0.4, 0.5) is 11.4 Å². The summed E-state index contributed by atoms with van der Waals surface area (Å²) in [6.45, 7) is 1.68. The number of anilines is 2. The van der Waals surface area contributed by atoms with Crippen molar-refractivity contribution in [2.45, 2.75) is 0 Å². The first-order valence-corrected chi connectivity index (χ1v) is 10.1. The summed E-state index contributed by atoms with van der Waals surface area (Å²) < 4.78 is 0.892. The van der Waals surface area contributed by atoms with Gasteiger partial charge >= 0.3 is 0 Å². The van der Waals surface area contributed by atoms with Gasteiger partial charge in [0.25, 0.3) is 5.91 Å². The van der Waals surface area contributed by atoms with Gasteiger partial charge < -0.3 is 25.5 Å². The summed E-state index contributed by atoms with van der Waals surface area (Å²) in [5.41, 5.74) is 5.12. The molecule has 3 N–H and O–H groups in total. The third-order valence-corrected chi connectivity index (χ3v) is 5.35. The number of aliphatic hydroxyl groups excluding tert-OH is 1. The zero-order valence-corrected chi connectivity index (χ0v) is 17.5. The minimum Gasteiger partial charge on any atom is -0.395 e. The molecule has 0 saturated heterocycles. The number of carbonyl (C=O) groups excluding carboxylic acids is 1. The molecule has 0 bridgehead atoms. The zero-order chi connectivity index (χ0) is 20.4. The average Bonchev–Trinajstić information content (AvgIpc) is 3.21. The number of nitrogens with zero attached hydrogens (tertiary/aromatic N) is 2. The number of aliphatic hydroxyl groups is 1. The van der Waals surface area contributed by atoms with Crippen LogP contribution in [0.3, 0.4) is 0 Å². The Bertz CT molecular complexity index is 1020. The number of hydrogen-bond donors (Lipinski definition) is 3. The Morgan fingerprint density at radius 2 is 1.90 bits per heavy atom. The molecule has 0 radical (unpaired) electrons. The van der Waals surface area contributed by atoms with E-state index in [1.807, 2.05) is 54.4 Å². The standard InChI is InChI=1S/C21H21BrN4O3/c1-26(8-10-27)9-11-29-25-19-14-4-2-3-5-16(14)23-20(19)18-15-12-13(22)6-7-17(15)24-21(18)28/h2-7,12,23,27H,8-11H2,1H3,(H,24,28)/b20-18-,25-19+. The van der Waals surface area contributed by atoms with E-state index in [2.05, 4.69) is 31.7 Å². The van der Waals surface area contributed by atoms with Crippen LogP contribution >= 0.6 is 15.9 Å². The third kappa shape index (κ3) is 3.91. The molecule has 2 aliphatic heterocycles. The third-order valence-electron chi connectivity index (χ3n) is 4.86. The number of para-hydroxylation sites is 1. The molecule has 2 aliphatic rings. The molecule has 150 valence electrons. The number of halogens is 1. The van der Waals surface area contributed by atoms with E-state index in [1.54, 1.807) is 0 Å². The Morgan fingerprint density at radius 3 is 2.72 bits per heavy atom. The van der Waals surface area contributed by atoms with Crippen molar-refractivity contribution in [1.82, 2.24) is 4.90 Å². The van der Waals surface area contributed by atoms with Gasteiger partial charge in [0.1, 0.15) is 12.3 Å². The number of allylic oxidation sites excluding steroid dienone is 1. The van der Waals surface area contributed by atoms with E-state index in [9.17, 15) is 4.79 Å². The molecule has 0 aromatic heterocycles. The number of rotatable bonds is 6. The van der Waals surface area contributed by atoms with E-state index in [0.717, 1.165) is 27.0 Å². The van der Waals surface area contributed by atoms with Gasteiger partial charge in [-0.3, -0.25) is 4.79 Å². The fraction of sp³-hybridized carbons (Fsp3) is 0.238. The lowest BCUT2D eigenvalue weighted by Crippen LogP contribution is -2.25. The molecule has 29 heavy (non-hydrogen) atoms. The van der Waals surface area contributed by atoms with Gasteiger partial charge in [0, 0.05) is 40.1 Å². The van der Waals surface area contributed by atoms with Gasteiger partial charge in [-0.15, -0.1) is 0 Å². The predicted molar refractivity (Wildman–Crippen MR) is 117 cm³/mol. The molecule has 0 fully saturated rings. The van der Waals surface area contributed by atoms with Crippen molar-refractivity contribution in [2.24, 2.45) is 5.16 Å². The van der Waals surface area contributed by atoms with Crippen LogP contribution in [0.15, 0.2) is 57.8 Å². The van der Waals surface area contributed by atoms with Crippen molar-refractivity contribution in [3.8, 4) is 0 Å². The van der Waals surface area contributed by atoms with Gasteiger partial charge in [-0.25, -0.2) is 0 Å². The Hall–Kier alpha value is -2.68. The highest BCUT2D eigenvalue weighted by Crippen LogP contribution is 2.40. The number of likely N-dealkylation sites (N-methyl/N-ethyl adjacent to an activating group) is 1. The average molecular weight is 457 g/mol. The SMILES string of the molecule is CN(CCO)CCO/N=C1/C(=C2/C(=O)Nc3ccc(Br)cc32)Nc2ccccc21. The first kappa shape index (κ1) is 19.6. The topological polar surface area (TPSA) is 86.2 Å². The molecule has 7 nitrogen and oxygen atoms in total. The summed E-state index contributed by atoms with van der Waals surface area (Å²) in [7, 11) is 1.91. The highest BCUT2D eigenvalue weighted by molar-refractivity contribution is 9.10. The van der Waals surface area contributed by atoms with Gasteiger partial charge in [0.15, 0.2) is 0 Å². The first-order valence-electron chi connectivity index (χ1n) is 9.30. The maximum absolute atomic E-state index is 12.8. The lowest BCUT2D eigenvalue weighted by Gasteiger charge is -2.13. The van der Waals surface area contributed by atoms with Crippen LogP contribution < -0.4 is 10.6 Å². The van der Waals surface area contributed by atoms with E-state index in [1.165, 1.54) is 0 Å². The number of carbonyl (C=O) groups is 1. The number of benzene rings is 2. The molecule has 0 unspecified atom stereocenters. The molecule has 0 spiro atoms. The number of nitrogens with one attached hydrogen (secondary N) is 2. The van der Waals surface area contributed by atoms with Crippen molar-refractivity contribution < 1.29 is 14.7 Å². The largest absolute Gasteiger partial charge is 0.395 e. The van der Waals surface area contributed by atoms with E-state index in [0.29, 0.717) is 36.7 Å². The second kappa shape index (κ2) is 8.36. The van der Waals surface area contributed by atoms with Crippen LogP contribution in [0.25, 0.3) is 5.57 Å².